The van der Waals surface area contributed by atoms with E-state index in [2.05, 4.69) is 21.3 Å². The summed E-state index contributed by atoms with van der Waals surface area (Å²) in [5.41, 5.74) is 0. The Hall–Kier alpha value is -2.30. The molecule has 0 amide bonds. The lowest BCUT2D eigenvalue weighted by Gasteiger charge is -2.07. The summed E-state index contributed by atoms with van der Waals surface area (Å²) < 4.78 is 72.4. The molecule has 102 valence electrons. The van der Waals surface area contributed by atoms with Crippen molar-refractivity contribution in [3.63, 3.8) is 0 Å². The van der Waals surface area contributed by atoms with Gasteiger partial charge in [0.25, 0.3) is 0 Å². The molecule has 0 spiro atoms. The van der Waals surface area contributed by atoms with Gasteiger partial charge < -0.3 is 9.47 Å². The van der Waals surface area contributed by atoms with E-state index in [1.54, 1.807) is 0 Å². The van der Waals surface area contributed by atoms with E-state index >= 15 is 0 Å². The van der Waals surface area contributed by atoms with Crippen LogP contribution in [0.15, 0.2) is 0 Å². The van der Waals surface area contributed by atoms with Gasteiger partial charge in [0, 0.05) is 0 Å². The van der Waals surface area contributed by atoms with Crippen molar-refractivity contribution in [1.82, 2.24) is 0 Å². The molecular formula is C11H5F5O3. The number of hydrogen-bond donors (Lipinski definition) is 0. The van der Waals surface area contributed by atoms with Crippen LogP contribution in [0.4, 0.5) is 26.7 Å². The third kappa shape index (κ3) is 3.13. The van der Waals surface area contributed by atoms with E-state index in [4.69, 9.17) is 0 Å². The van der Waals surface area contributed by atoms with Crippen LogP contribution in [0.3, 0.4) is 0 Å². The van der Waals surface area contributed by atoms with E-state index in [1.165, 1.54) is 6.92 Å². The Bertz CT molecular complexity index is 545. The molecule has 3 nitrogen and oxygen atoms in total. The second kappa shape index (κ2) is 6.04. The first-order valence-electron chi connectivity index (χ1n) is 4.65. The zero-order chi connectivity index (χ0) is 14.6. The molecule has 0 fully saturated rings. The van der Waals surface area contributed by atoms with E-state index in [1.807, 2.05) is 0 Å². The second-order valence-corrected chi connectivity index (χ2v) is 2.97. The van der Waals surface area contributed by atoms with Crippen LogP contribution < -0.4 is 4.74 Å². The summed E-state index contributed by atoms with van der Waals surface area (Å²) in [4.78, 5) is 10.9. The highest BCUT2D eigenvalue weighted by Gasteiger charge is 2.28. The predicted octanol–water partition coefficient (Wildman–Crippen LogP) is 2.92. The van der Waals surface area contributed by atoms with Crippen LogP contribution in [-0.4, -0.2) is 12.8 Å². The number of ether oxygens (including phenoxy) is 2. The van der Waals surface area contributed by atoms with Crippen molar-refractivity contribution < 1.29 is 36.2 Å². The molecule has 0 N–H and O–H groups in total. The maximum absolute atomic E-state index is 13.1. The average Bonchev–Trinajstić information content (AvgIpc) is 2.39. The van der Waals surface area contributed by atoms with Crippen molar-refractivity contribution in [2.45, 2.75) is 6.92 Å². The van der Waals surface area contributed by atoms with E-state index in [-0.39, 0.29) is 0 Å². The Morgan fingerprint density at radius 2 is 1.47 bits per heavy atom. The molecule has 1 aromatic rings. The molecule has 0 saturated carbocycles. The number of carbonyl (C=O) groups is 1. The minimum atomic E-state index is -2.35. The Morgan fingerprint density at radius 1 is 1.00 bits per heavy atom. The molecule has 0 aromatic heterocycles. The molecule has 0 heterocycles. The topological polar surface area (TPSA) is 35.5 Å². The third-order valence-electron chi connectivity index (χ3n) is 1.79. The fourth-order valence-corrected chi connectivity index (χ4v) is 0.954. The molecule has 0 unspecified atom stereocenters. The van der Waals surface area contributed by atoms with Gasteiger partial charge in [0.1, 0.15) is 0 Å². The normalized spacial score (nSPS) is 9.58. The highest BCUT2D eigenvalue weighted by atomic mass is 19.2. The third-order valence-corrected chi connectivity index (χ3v) is 1.79. The second-order valence-electron chi connectivity index (χ2n) is 2.97. The number of carbonyl (C=O) groups excluding carboxylic acids is 1. The largest absolute Gasteiger partial charge is 0.515 e. The highest BCUT2D eigenvalue weighted by molar-refractivity contribution is 5.64. The van der Waals surface area contributed by atoms with Crippen molar-refractivity contribution >= 4 is 6.16 Å². The van der Waals surface area contributed by atoms with Crippen LogP contribution >= 0.6 is 0 Å². The summed E-state index contributed by atoms with van der Waals surface area (Å²) in [5.74, 6) is -8.48. The zero-order valence-corrected chi connectivity index (χ0v) is 9.32. The van der Waals surface area contributed by atoms with Gasteiger partial charge in [-0.1, -0.05) is 5.92 Å². The summed E-state index contributed by atoms with van der Waals surface area (Å²) in [6.45, 7) is 0.976. The van der Waals surface area contributed by atoms with Crippen LogP contribution in [0, 0.1) is 40.9 Å². The van der Waals surface area contributed by atoms with Gasteiger partial charge >= 0.3 is 6.16 Å². The Kier molecular flexibility index (Phi) is 4.69. The molecule has 0 aliphatic rings. The minimum Gasteiger partial charge on any atom is -0.421 e. The van der Waals surface area contributed by atoms with Gasteiger partial charge in [0.15, 0.2) is 6.61 Å². The predicted molar refractivity (Wildman–Crippen MR) is 51.7 cm³/mol. The molecule has 1 rings (SSSR count). The standard InChI is InChI=1S/C11H5F5O3/c1-2-3-4-18-11(17)19-10-8(15)6(13)5(12)7(14)9(10)16/h4H2,1H3. The zero-order valence-electron chi connectivity index (χ0n) is 9.32. The van der Waals surface area contributed by atoms with Crippen molar-refractivity contribution in [3.05, 3.63) is 29.1 Å². The molecule has 0 aliphatic carbocycles. The summed E-state index contributed by atoms with van der Waals surface area (Å²) in [7, 11) is 0. The summed E-state index contributed by atoms with van der Waals surface area (Å²) in [6, 6.07) is 0. The van der Waals surface area contributed by atoms with Crippen molar-refractivity contribution in [2.24, 2.45) is 0 Å². The molecule has 0 saturated heterocycles. The van der Waals surface area contributed by atoms with E-state index in [9.17, 15) is 26.7 Å². The van der Waals surface area contributed by atoms with E-state index in [0.29, 0.717) is 0 Å². The van der Waals surface area contributed by atoms with Gasteiger partial charge in [0.05, 0.1) is 0 Å². The van der Waals surface area contributed by atoms with Gasteiger partial charge in [-0.15, -0.1) is 5.92 Å². The van der Waals surface area contributed by atoms with Crippen molar-refractivity contribution in [2.75, 3.05) is 6.61 Å². The lowest BCUT2D eigenvalue weighted by Crippen LogP contribution is -2.15. The van der Waals surface area contributed by atoms with Gasteiger partial charge in [0.2, 0.25) is 34.8 Å². The molecule has 1 aromatic carbocycles. The van der Waals surface area contributed by atoms with E-state index < -0.39 is 47.6 Å². The lowest BCUT2D eigenvalue weighted by molar-refractivity contribution is 0.106. The van der Waals surface area contributed by atoms with Crippen LogP contribution in [0.2, 0.25) is 0 Å². The van der Waals surface area contributed by atoms with E-state index in [0.717, 1.165) is 0 Å². The van der Waals surface area contributed by atoms with Gasteiger partial charge in [-0.2, -0.15) is 8.78 Å². The summed E-state index contributed by atoms with van der Waals surface area (Å²) in [6.07, 6.45) is -1.65. The fraction of sp³-hybridized carbons (Fsp3) is 0.182. The number of hydrogen-bond acceptors (Lipinski definition) is 3. The summed E-state index contributed by atoms with van der Waals surface area (Å²) >= 11 is 0. The Balaban J connectivity index is 3.01. The number of rotatable bonds is 2. The van der Waals surface area contributed by atoms with Crippen LogP contribution in [-0.2, 0) is 4.74 Å². The maximum atomic E-state index is 13.1. The molecule has 0 radical (unpaired) electrons. The first-order chi connectivity index (χ1) is 8.90. The molecule has 0 aliphatic heterocycles. The molecular weight excluding hydrogens is 275 g/mol. The van der Waals surface area contributed by atoms with Crippen LogP contribution in [0.1, 0.15) is 6.92 Å². The number of halogens is 5. The van der Waals surface area contributed by atoms with Gasteiger partial charge in [-0.05, 0) is 6.92 Å². The van der Waals surface area contributed by atoms with Crippen molar-refractivity contribution in [1.29, 1.82) is 0 Å². The fourth-order valence-electron chi connectivity index (χ4n) is 0.954. The van der Waals surface area contributed by atoms with Crippen LogP contribution in [0.5, 0.6) is 5.75 Å². The average molecular weight is 280 g/mol. The van der Waals surface area contributed by atoms with Crippen molar-refractivity contribution in [3.8, 4) is 17.6 Å². The molecule has 0 bridgehead atoms. The maximum Gasteiger partial charge on any atom is 0.515 e. The SMILES string of the molecule is CC#CCOC(=O)Oc1c(F)c(F)c(F)c(F)c1F. The smallest absolute Gasteiger partial charge is 0.421 e. The Morgan fingerprint density at radius 3 is 1.95 bits per heavy atom. The quantitative estimate of drug-likeness (QED) is 0.209. The molecule has 0 atom stereocenters. The lowest BCUT2D eigenvalue weighted by atomic mass is 10.3. The Labute approximate surface area is 103 Å². The van der Waals surface area contributed by atoms with Crippen LogP contribution in [0.25, 0.3) is 0 Å². The minimum absolute atomic E-state index is 0.454. The highest BCUT2D eigenvalue weighted by Crippen LogP contribution is 2.29. The van der Waals surface area contributed by atoms with Gasteiger partial charge in [-0.25, -0.2) is 18.0 Å². The summed E-state index contributed by atoms with van der Waals surface area (Å²) in [5, 5.41) is 0. The monoisotopic (exact) mass is 280 g/mol. The molecule has 8 heteroatoms. The first-order valence-corrected chi connectivity index (χ1v) is 4.65. The number of benzene rings is 1. The van der Waals surface area contributed by atoms with Gasteiger partial charge in [-0.3, -0.25) is 0 Å². The molecule has 19 heavy (non-hydrogen) atoms. The first kappa shape index (κ1) is 14.8.